The number of ether oxygens (including phenoxy) is 1. The fraction of sp³-hybridized carbons (Fsp3) is 0.259. The van der Waals surface area contributed by atoms with Crippen molar-refractivity contribution in [3.63, 3.8) is 0 Å². The molecule has 0 radical (unpaired) electrons. The van der Waals surface area contributed by atoms with Crippen LogP contribution in [0.3, 0.4) is 0 Å². The van der Waals surface area contributed by atoms with E-state index < -0.39 is 0 Å². The van der Waals surface area contributed by atoms with Crippen LogP contribution in [0.1, 0.15) is 31.5 Å². The zero-order valence-electron chi connectivity index (χ0n) is 19.8. The second-order valence-electron chi connectivity index (χ2n) is 8.82. The fourth-order valence-corrected chi connectivity index (χ4v) is 4.78. The molecule has 0 N–H and O–H groups in total. The fourth-order valence-electron chi connectivity index (χ4n) is 3.89. The van der Waals surface area contributed by atoms with E-state index in [1.165, 1.54) is 0 Å². The van der Waals surface area contributed by atoms with Crippen molar-refractivity contribution in [1.29, 1.82) is 0 Å². The molecule has 0 saturated heterocycles. The van der Waals surface area contributed by atoms with Gasteiger partial charge in [0.1, 0.15) is 12.4 Å². The second-order valence-corrected chi connectivity index (χ2v) is 9.76. The Morgan fingerprint density at radius 1 is 0.971 bits per heavy atom. The van der Waals surface area contributed by atoms with Crippen LogP contribution in [-0.2, 0) is 18.9 Å². The third-order valence-corrected chi connectivity index (χ3v) is 6.81. The zero-order valence-corrected chi connectivity index (χ0v) is 20.6. The monoisotopic (exact) mass is 485 g/mol. The quantitative estimate of drug-likeness (QED) is 0.262. The van der Waals surface area contributed by atoms with E-state index in [1.807, 2.05) is 59.0 Å². The number of aryl methyl sites for hydroxylation is 1. The predicted molar refractivity (Wildman–Crippen MR) is 139 cm³/mol. The first-order chi connectivity index (χ1) is 17.1. The lowest BCUT2D eigenvalue weighted by Crippen LogP contribution is -2.24. The molecule has 0 atom stereocenters. The van der Waals surface area contributed by atoms with Crippen LogP contribution in [0.25, 0.3) is 16.7 Å². The topological polar surface area (TPSA) is 74.3 Å². The average molecular weight is 486 g/mol. The molecule has 2 aromatic carbocycles. The van der Waals surface area contributed by atoms with Gasteiger partial charge in [-0.3, -0.25) is 18.7 Å². The van der Waals surface area contributed by atoms with Crippen molar-refractivity contribution in [2.75, 3.05) is 0 Å². The van der Waals surface area contributed by atoms with E-state index in [0.29, 0.717) is 30.2 Å². The molecule has 0 unspecified atom stereocenters. The normalized spacial score (nSPS) is 11.5. The largest absolute Gasteiger partial charge is 0.487 e. The molecule has 0 saturated carbocycles. The Labute approximate surface area is 207 Å². The zero-order chi connectivity index (χ0) is 24.2. The molecule has 0 fully saturated rings. The van der Waals surface area contributed by atoms with E-state index in [-0.39, 0.29) is 5.56 Å². The van der Waals surface area contributed by atoms with Gasteiger partial charge >= 0.3 is 0 Å². The maximum Gasteiger partial charge on any atom is 0.262 e. The SMILES string of the molecule is CC(C)CCn1c(=O)c2ccccc2n2c(SCc3ccc(OCc4ccccn4)cc3)nnc12. The molecule has 0 amide bonds. The lowest BCUT2D eigenvalue weighted by molar-refractivity contribution is 0.301. The van der Waals surface area contributed by atoms with Crippen molar-refractivity contribution in [2.45, 2.75) is 44.3 Å². The van der Waals surface area contributed by atoms with E-state index in [9.17, 15) is 4.79 Å². The summed E-state index contributed by atoms with van der Waals surface area (Å²) in [6, 6.07) is 21.5. The van der Waals surface area contributed by atoms with Crippen molar-refractivity contribution < 1.29 is 4.74 Å². The number of thioether (sulfide) groups is 1. The Hall–Kier alpha value is -3.65. The van der Waals surface area contributed by atoms with E-state index in [4.69, 9.17) is 4.74 Å². The molecule has 0 aliphatic heterocycles. The predicted octanol–water partition coefficient (Wildman–Crippen LogP) is 5.36. The highest BCUT2D eigenvalue weighted by Gasteiger charge is 2.17. The Kier molecular flexibility index (Phi) is 6.81. The molecule has 0 aliphatic rings. The Morgan fingerprint density at radius 2 is 1.77 bits per heavy atom. The molecule has 0 aliphatic carbocycles. The van der Waals surface area contributed by atoms with Crippen molar-refractivity contribution in [3.05, 3.63) is 94.5 Å². The molecule has 178 valence electrons. The molecule has 5 rings (SSSR count). The minimum absolute atomic E-state index is 0.0148. The van der Waals surface area contributed by atoms with Crippen molar-refractivity contribution in [2.24, 2.45) is 5.92 Å². The minimum atomic E-state index is -0.0148. The standard InChI is InChI=1S/C27H27N5O2S/c1-19(2)14-16-31-25(33)23-8-3-4-9-24(23)32-26(31)29-30-27(32)35-18-20-10-12-22(13-11-20)34-17-21-7-5-6-15-28-21/h3-13,15,19H,14,16-18H2,1-2H3. The second kappa shape index (κ2) is 10.3. The first-order valence-corrected chi connectivity index (χ1v) is 12.7. The number of fused-ring (bicyclic) bond motifs is 3. The Bertz CT molecular complexity index is 1490. The maximum absolute atomic E-state index is 13.2. The number of hydrogen-bond donors (Lipinski definition) is 0. The summed E-state index contributed by atoms with van der Waals surface area (Å²) >= 11 is 1.60. The van der Waals surface area contributed by atoms with Gasteiger partial charge in [0.15, 0.2) is 5.16 Å². The number of para-hydroxylation sites is 1. The highest BCUT2D eigenvalue weighted by atomic mass is 32.2. The molecule has 0 spiro atoms. The highest BCUT2D eigenvalue weighted by molar-refractivity contribution is 7.98. The molecular formula is C27H27N5O2S. The Morgan fingerprint density at radius 3 is 2.54 bits per heavy atom. The third kappa shape index (κ3) is 5.07. The lowest BCUT2D eigenvalue weighted by Gasteiger charge is -2.12. The molecule has 5 aromatic rings. The molecule has 0 bridgehead atoms. The molecular weight excluding hydrogens is 458 g/mol. The van der Waals surface area contributed by atoms with Crippen LogP contribution in [0.4, 0.5) is 0 Å². The van der Waals surface area contributed by atoms with Gasteiger partial charge in [0.25, 0.3) is 5.56 Å². The van der Waals surface area contributed by atoms with Gasteiger partial charge in [-0.05, 0) is 54.3 Å². The summed E-state index contributed by atoms with van der Waals surface area (Å²) in [5, 5.41) is 10.3. The van der Waals surface area contributed by atoms with Gasteiger partial charge in [-0.2, -0.15) is 0 Å². The number of rotatable bonds is 9. The van der Waals surface area contributed by atoms with E-state index in [1.54, 1.807) is 22.5 Å². The highest BCUT2D eigenvalue weighted by Crippen LogP contribution is 2.26. The van der Waals surface area contributed by atoms with Crippen LogP contribution >= 0.6 is 11.8 Å². The van der Waals surface area contributed by atoms with Crippen LogP contribution in [0.5, 0.6) is 5.75 Å². The van der Waals surface area contributed by atoms with Crippen LogP contribution in [-0.4, -0.2) is 24.1 Å². The van der Waals surface area contributed by atoms with Gasteiger partial charge in [0, 0.05) is 18.5 Å². The summed E-state index contributed by atoms with van der Waals surface area (Å²) in [4.78, 5) is 17.5. The van der Waals surface area contributed by atoms with Gasteiger partial charge < -0.3 is 4.74 Å². The van der Waals surface area contributed by atoms with Crippen molar-refractivity contribution in [3.8, 4) is 5.75 Å². The molecule has 7 nitrogen and oxygen atoms in total. The van der Waals surface area contributed by atoms with E-state index in [0.717, 1.165) is 39.9 Å². The minimum Gasteiger partial charge on any atom is -0.487 e. The summed E-state index contributed by atoms with van der Waals surface area (Å²) in [5.74, 6) is 2.61. The number of hydrogen-bond acceptors (Lipinski definition) is 6. The third-order valence-electron chi connectivity index (χ3n) is 5.81. The van der Waals surface area contributed by atoms with Gasteiger partial charge in [0.2, 0.25) is 5.78 Å². The first kappa shape index (κ1) is 23.1. The van der Waals surface area contributed by atoms with Gasteiger partial charge in [-0.25, -0.2) is 0 Å². The summed E-state index contributed by atoms with van der Waals surface area (Å²) in [6.07, 6.45) is 2.66. The van der Waals surface area contributed by atoms with Crippen LogP contribution in [0, 0.1) is 5.92 Å². The Balaban J connectivity index is 1.36. The van der Waals surface area contributed by atoms with Crippen molar-refractivity contribution in [1.82, 2.24) is 24.1 Å². The van der Waals surface area contributed by atoms with Gasteiger partial charge in [0.05, 0.1) is 16.6 Å². The summed E-state index contributed by atoms with van der Waals surface area (Å²) in [6.45, 7) is 5.37. The molecule has 3 heterocycles. The summed E-state index contributed by atoms with van der Waals surface area (Å²) in [7, 11) is 0. The van der Waals surface area contributed by atoms with Gasteiger partial charge in [-0.15, -0.1) is 10.2 Å². The summed E-state index contributed by atoms with van der Waals surface area (Å²) in [5.41, 5.74) is 2.86. The van der Waals surface area contributed by atoms with Crippen LogP contribution in [0.15, 0.2) is 82.9 Å². The van der Waals surface area contributed by atoms with Gasteiger partial charge in [-0.1, -0.05) is 55.9 Å². The lowest BCUT2D eigenvalue weighted by atomic mass is 10.1. The summed E-state index contributed by atoms with van der Waals surface area (Å²) < 4.78 is 9.60. The first-order valence-electron chi connectivity index (χ1n) is 11.7. The number of nitrogens with zero attached hydrogens (tertiary/aromatic N) is 5. The molecule has 35 heavy (non-hydrogen) atoms. The molecule has 3 aromatic heterocycles. The van der Waals surface area contributed by atoms with Crippen molar-refractivity contribution >= 4 is 28.4 Å². The number of pyridine rings is 1. The van der Waals surface area contributed by atoms with Crippen LogP contribution < -0.4 is 10.3 Å². The maximum atomic E-state index is 13.2. The molecule has 8 heteroatoms. The number of aromatic nitrogens is 5. The average Bonchev–Trinajstić information content (AvgIpc) is 3.31. The van der Waals surface area contributed by atoms with E-state index in [2.05, 4.69) is 41.2 Å². The van der Waals surface area contributed by atoms with Crippen LogP contribution in [0.2, 0.25) is 0 Å². The van der Waals surface area contributed by atoms with E-state index >= 15 is 0 Å². The smallest absolute Gasteiger partial charge is 0.262 e. The number of benzene rings is 2.